The van der Waals surface area contributed by atoms with Crippen LogP contribution in [0.4, 0.5) is 5.69 Å². The number of nitro groups is 1. The Labute approximate surface area is 260 Å². The largest absolute Gasteiger partial charge is 0.464 e. The molecule has 2 atom stereocenters. The van der Waals surface area contributed by atoms with Crippen molar-refractivity contribution in [1.29, 1.82) is 0 Å². The minimum atomic E-state index is -2.07. The molecule has 0 saturated heterocycles. The van der Waals surface area contributed by atoms with Gasteiger partial charge in [0, 0.05) is 34.3 Å². The first-order valence-electron chi connectivity index (χ1n) is 14.9. The maximum absolute atomic E-state index is 14.3. The van der Waals surface area contributed by atoms with Crippen molar-refractivity contribution < 1.29 is 24.0 Å². The van der Waals surface area contributed by atoms with Crippen LogP contribution in [0, 0.1) is 17.0 Å². The number of hydrogen-bond acceptors (Lipinski definition) is 7. The summed E-state index contributed by atoms with van der Waals surface area (Å²) in [7, 11) is 0. The van der Waals surface area contributed by atoms with E-state index in [0.29, 0.717) is 22.2 Å². The second-order valence-electron chi connectivity index (χ2n) is 11.1. The van der Waals surface area contributed by atoms with E-state index in [-0.39, 0.29) is 18.9 Å². The van der Waals surface area contributed by atoms with Crippen LogP contribution < -0.4 is 5.32 Å². The number of carbonyl (C=O) groups excluding carboxylic acids is 2. The van der Waals surface area contributed by atoms with Crippen molar-refractivity contribution >= 4 is 28.5 Å². The van der Waals surface area contributed by atoms with Crippen molar-refractivity contribution in [2.75, 3.05) is 13.2 Å². The molecular formula is C36H33N3O6. The SMILES string of the molecule is CCOC(=O)C1(C(=O)OCC)NC(c2ccc([N+](=O)[O-])cc2)C(c2ccccc2)(c2cccc(C)c2)c2[nH]c3ccccc3c21. The molecule has 2 N–H and O–H groups in total. The molecule has 9 heteroatoms. The number of aromatic nitrogens is 1. The molecule has 9 nitrogen and oxygen atoms in total. The summed E-state index contributed by atoms with van der Waals surface area (Å²) in [5.41, 5.74) is 1.92. The zero-order chi connectivity index (χ0) is 31.8. The highest BCUT2D eigenvalue weighted by Crippen LogP contribution is 2.57. The number of benzene rings is 4. The maximum atomic E-state index is 14.3. The van der Waals surface area contributed by atoms with Crippen LogP contribution in [0.1, 0.15) is 53.4 Å². The Bertz CT molecular complexity index is 1880. The van der Waals surface area contributed by atoms with Crippen LogP contribution in [-0.4, -0.2) is 35.1 Å². The molecule has 0 radical (unpaired) electrons. The molecule has 0 bridgehead atoms. The van der Waals surface area contributed by atoms with E-state index in [1.165, 1.54) is 12.1 Å². The summed E-state index contributed by atoms with van der Waals surface area (Å²) in [6.07, 6.45) is 0. The van der Waals surface area contributed by atoms with E-state index in [1.807, 2.05) is 79.7 Å². The van der Waals surface area contributed by atoms with E-state index < -0.39 is 33.9 Å². The van der Waals surface area contributed by atoms with Gasteiger partial charge in [-0.2, -0.15) is 0 Å². The number of rotatable bonds is 8. The minimum absolute atomic E-state index is 0.0310. The van der Waals surface area contributed by atoms with Gasteiger partial charge < -0.3 is 14.5 Å². The summed E-state index contributed by atoms with van der Waals surface area (Å²) >= 11 is 0. The Balaban J connectivity index is 1.83. The second-order valence-corrected chi connectivity index (χ2v) is 11.1. The molecule has 45 heavy (non-hydrogen) atoms. The van der Waals surface area contributed by atoms with Crippen LogP contribution in [0.15, 0.2) is 103 Å². The number of non-ortho nitro benzene ring substituents is 1. The van der Waals surface area contributed by atoms with Crippen LogP contribution in [0.2, 0.25) is 0 Å². The fourth-order valence-electron chi connectivity index (χ4n) is 6.75. The number of aryl methyl sites for hydroxylation is 1. The summed E-state index contributed by atoms with van der Waals surface area (Å²) in [5.74, 6) is -1.60. The van der Waals surface area contributed by atoms with Gasteiger partial charge in [-0.15, -0.1) is 0 Å². The van der Waals surface area contributed by atoms with E-state index in [1.54, 1.807) is 26.0 Å². The lowest BCUT2D eigenvalue weighted by molar-refractivity contribution is -0.384. The fourth-order valence-corrected chi connectivity index (χ4v) is 6.75. The van der Waals surface area contributed by atoms with Gasteiger partial charge in [0.05, 0.1) is 29.6 Å². The molecule has 2 unspecified atom stereocenters. The van der Waals surface area contributed by atoms with Gasteiger partial charge in [-0.05, 0) is 43.5 Å². The van der Waals surface area contributed by atoms with Crippen molar-refractivity contribution in [3.63, 3.8) is 0 Å². The van der Waals surface area contributed by atoms with Crippen molar-refractivity contribution in [2.45, 2.75) is 37.8 Å². The third-order valence-corrected chi connectivity index (χ3v) is 8.57. The van der Waals surface area contributed by atoms with Crippen LogP contribution in [0.25, 0.3) is 10.9 Å². The van der Waals surface area contributed by atoms with Gasteiger partial charge in [0.1, 0.15) is 0 Å². The third-order valence-electron chi connectivity index (χ3n) is 8.57. The molecule has 2 heterocycles. The van der Waals surface area contributed by atoms with E-state index in [2.05, 4.69) is 16.4 Å². The van der Waals surface area contributed by atoms with Crippen LogP contribution in [-0.2, 0) is 30.0 Å². The smallest absolute Gasteiger partial charge is 0.342 e. The number of nitro benzene ring substituents is 1. The highest BCUT2D eigenvalue weighted by atomic mass is 16.6. The lowest BCUT2D eigenvalue weighted by Gasteiger charge is -2.51. The number of nitrogens with one attached hydrogen (secondary N) is 2. The Kier molecular flexibility index (Phi) is 7.72. The third kappa shape index (κ3) is 4.58. The highest BCUT2D eigenvalue weighted by Gasteiger charge is 2.64. The summed E-state index contributed by atoms with van der Waals surface area (Å²) < 4.78 is 11.3. The monoisotopic (exact) mass is 603 g/mol. The lowest BCUT2D eigenvalue weighted by Crippen LogP contribution is -2.65. The maximum Gasteiger partial charge on any atom is 0.342 e. The first-order valence-corrected chi connectivity index (χ1v) is 14.9. The molecule has 5 aromatic rings. The molecule has 0 amide bonds. The van der Waals surface area contributed by atoms with Gasteiger partial charge in [0.25, 0.3) is 5.69 Å². The Morgan fingerprint density at radius 3 is 2.07 bits per heavy atom. The number of nitrogens with zero attached hydrogens (tertiary/aromatic N) is 1. The molecule has 1 aromatic heterocycles. The highest BCUT2D eigenvalue weighted by molar-refractivity contribution is 6.11. The number of esters is 2. The molecule has 0 fully saturated rings. The van der Waals surface area contributed by atoms with E-state index in [9.17, 15) is 19.7 Å². The summed E-state index contributed by atoms with van der Waals surface area (Å²) in [5, 5.41) is 15.8. The molecule has 1 aliphatic heterocycles. The Morgan fingerprint density at radius 2 is 1.44 bits per heavy atom. The number of para-hydroxylation sites is 1. The Morgan fingerprint density at radius 1 is 0.822 bits per heavy atom. The summed E-state index contributed by atoms with van der Waals surface area (Å²) in [6, 6.07) is 30.8. The number of H-pyrrole nitrogens is 1. The lowest BCUT2D eigenvalue weighted by atomic mass is 9.59. The average molecular weight is 604 g/mol. The van der Waals surface area contributed by atoms with Gasteiger partial charge in [-0.1, -0.05) is 90.5 Å². The van der Waals surface area contributed by atoms with Crippen LogP contribution in [0.3, 0.4) is 0 Å². The second kappa shape index (κ2) is 11.7. The van der Waals surface area contributed by atoms with Gasteiger partial charge >= 0.3 is 11.9 Å². The molecular weight excluding hydrogens is 570 g/mol. The molecule has 0 aliphatic carbocycles. The average Bonchev–Trinajstić information content (AvgIpc) is 3.45. The van der Waals surface area contributed by atoms with Gasteiger partial charge in [-0.3, -0.25) is 15.4 Å². The van der Waals surface area contributed by atoms with E-state index >= 15 is 0 Å². The fraction of sp³-hybridized carbons (Fsp3) is 0.222. The number of aromatic amines is 1. The van der Waals surface area contributed by atoms with Crippen molar-refractivity contribution in [3.8, 4) is 0 Å². The van der Waals surface area contributed by atoms with Gasteiger partial charge in [-0.25, -0.2) is 9.59 Å². The quantitative estimate of drug-likeness (QED) is 0.0912. The van der Waals surface area contributed by atoms with Gasteiger partial charge in [0.15, 0.2) is 0 Å². The first kappa shape index (κ1) is 29.8. The molecule has 1 aliphatic rings. The van der Waals surface area contributed by atoms with Crippen molar-refractivity contribution in [2.24, 2.45) is 0 Å². The normalized spacial score (nSPS) is 18.6. The molecule has 0 spiro atoms. The van der Waals surface area contributed by atoms with E-state index in [4.69, 9.17) is 9.47 Å². The molecule has 6 rings (SSSR count). The number of ether oxygens (including phenoxy) is 2. The summed E-state index contributed by atoms with van der Waals surface area (Å²) in [6.45, 7) is 5.44. The minimum Gasteiger partial charge on any atom is -0.464 e. The zero-order valence-electron chi connectivity index (χ0n) is 25.2. The van der Waals surface area contributed by atoms with Crippen LogP contribution in [0.5, 0.6) is 0 Å². The van der Waals surface area contributed by atoms with Crippen molar-refractivity contribution in [1.82, 2.24) is 10.3 Å². The van der Waals surface area contributed by atoms with E-state index in [0.717, 1.165) is 22.2 Å². The number of fused-ring (bicyclic) bond motifs is 3. The van der Waals surface area contributed by atoms with Crippen LogP contribution >= 0.6 is 0 Å². The Hall–Kier alpha value is -5.28. The predicted molar refractivity (Wildman–Crippen MR) is 170 cm³/mol. The number of hydrogen-bond donors (Lipinski definition) is 2. The topological polar surface area (TPSA) is 124 Å². The molecule has 4 aromatic carbocycles. The standard InChI is InChI=1S/C36H33N3O6/c1-4-44-33(40)36(34(41)45-5-2)30-28-16-9-10-17-29(28)37-32(30)35(25-13-7-6-8-14-25,26-15-11-12-23(3)22-26)31(38-36)24-18-20-27(21-19-24)39(42)43/h6-22,31,37-38H,4-5H2,1-3H3. The first-order chi connectivity index (χ1) is 21.8. The van der Waals surface area contributed by atoms with Crippen molar-refractivity contribution in [3.05, 3.63) is 147 Å². The number of carbonyl (C=O) groups is 2. The zero-order valence-corrected chi connectivity index (χ0v) is 25.2. The van der Waals surface area contributed by atoms with Gasteiger partial charge in [0.2, 0.25) is 5.54 Å². The molecule has 0 saturated carbocycles. The molecule has 228 valence electrons. The summed E-state index contributed by atoms with van der Waals surface area (Å²) in [4.78, 5) is 43.4. The predicted octanol–water partition coefficient (Wildman–Crippen LogP) is 6.38.